The quantitative estimate of drug-likeness (QED) is 0.687. The average molecular weight is 366 g/mol. The van der Waals surface area contributed by atoms with Gasteiger partial charge in [0.1, 0.15) is 18.1 Å². The number of amides is 1. The summed E-state index contributed by atoms with van der Waals surface area (Å²) >= 11 is 7.62. The molecule has 0 saturated heterocycles. The fourth-order valence-corrected chi connectivity index (χ4v) is 3.09. The Kier molecular flexibility index (Phi) is 7.79. The minimum atomic E-state index is -0.00890. The summed E-state index contributed by atoms with van der Waals surface area (Å²) in [4.78, 5) is 11.8. The Labute approximate surface area is 151 Å². The van der Waals surface area contributed by atoms with Crippen LogP contribution in [0, 0.1) is 0 Å². The number of carbonyl (C=O) groups excluding carboxylic acids is 1. The fourth-order valence-electron chi connectivity index (χ4n) is 1.95. The standard InChI is InChI=1S/C18H20ClNO3S/c1-22-15-6-8-16(9-7-15)23-11-10-20-18(21)13-24-12-14-4-2-3-5-17(14)19/h2-9H,10-13H2,1H3,(H,20,21). The lowest BCUT2D eigenvalue weighted by Crippen LogP contribution is -2.29. The van der Waals surface area contributed by atoms with Gasteiger partial charge in [0.05, 0.1) is 19.4 Å². The van der Waals surface area contributed by atoms with E-state index in [0.717, 1.165) is 27.8 Å². The lowest BCUT2D eigenvalue weighted by Gasteiger charge is -2.08. The average Bonchev–Trinajstić information content (AvgIpc) is 2.61. The number of halogens is 1. The van der Waals surface area contributed by atoms with Gasteiger partial charge in [-0.15, -0.1) is 11.8 Å². The van der Waals surface area contributed by atoms with Gasteiger partial charge >= 0.3 is 0 Å². The van der Waals surface area contributed by atoms with E-state index in [1.54, 1.807) is 7.11 Å². The van der Waals surface area contributed by atoms with E-state index in [9.17, 15) is 4.79 Å². The minimum Gasteiger partial charge on any atom is -0.497 e. The molecule has 0 atom stereocenters. The van der Waals surface area contributed by atoms with Crippen LogP contribution in [0.4, 0.5) is 0 Å². The van der Waals surface area contributed by atoms with E-state index < -0.39 is 0 Å². The molecule has 2 rings (SSSR count). The third-order valence-electron chi connectivity index (χ3n) is 3.20. The number of benzene rings is 2. The van der Waals surface area contributed by atoms with Gasteiger partial charge in [-0.2, -0.15) is 0 Å². The number of thioether (sulfide) groups is 1. The zero-order chi connectivity index (χ0) is 17.2. The summed E-state index contributed by atoms with van der Waals surface area (Å²) < 4.78 is 10.6. The van der Waals surface area contributed by atoms with Gasteiger partial charge < -0.3 is 14.8 Å². The van der Waals surface area contributed by atoms with Crippen molar-refractivity contribution in [3.8, 4) is 11.5 Å². The molecule has 1 N–H and O–H groups in total. The van der Waals surface area contributed by atoms with Crippen molar-refractivity contribution in [1.82, 2.24) is 5.32 Å². The van der Waals surface area contributed by atoms with Crippen LogP contribution in [-0.4, -0.2) is 31.9 Å². The summed E-state index contributed by atoms with van der Waals surface area (Å²) in [7, 11) is 1.62. The Morgan fingerprint density at radius 1 is 1.12 bits per heavy atom. The van der Waals surface area contributed by atoms with E-state index in [0.29, 0.717) is 18.9 Å². The highest BCUT2D eigenvalue weighted by Crippen LogP contribution is 2.20. The summed E-state index contributed by atoms with van der Waals surface area (Å²) in [6, 6.07) is 15.0. The summed E-state index contributed by atoms with van der Waals surface area (Å²) in [6.45, 7) is 0.894. The van der Waals surface area contributed by atoms with E-state index in [-0.39, 0.29) is 5.91 Å². The minimum absolute atomic E-state index is 0.00890. The number of hydrogen-bond acceptors (Lipinski definition) is 4. The third-order valence-corrected chi connectivity index (χ3v) is 4.55. The summed E-state index contributed by atoms with van der Waals surface area (Å²) in [5.41, 5.74) is 1.04. The molecule has 0 aliphatic carbocycles. The lowest BCUT2D eigenvalue weighted by atomic mass is 10.2. The molecule has 0 aliphatic rings. The maximum atomic E-state index is 11.8. The molecule has 0 aromatic heterocycles. The number of nitrogens with one attached hydrogen (secondary N) is 1. The van der Waals surface area contributed by atoms with Crippen LogP contribution in [0.1, 0.15) is 5.56 Å². The first-order valence-corrected chi connectivity index (χ1v) is 9.07. The highest BCUT2D eigenvalue weighted by Gasteiger charge is 2.04. The van der Waals surface area contributed by atoms with Crippen LogP contribution < -0.4 is 14.8 Å². The topological polar surface area (TPSA) is 47.6 Å². The molecule has 4 nitrogen and oxygen atoms in total. The van der Waals surface area contributed by atoms with E-state index in [2.05, 4.69) is 5.32 Å². The molecule has 0 fully saturated rings. The lowest BCUT2D eigenvalue weighted by molar-refractivity contribution is -0.118. The Morgan fingerprint density at radius 2 is 1.83 bits per heavy atom. The molecule has 6 heteroatoms. The molecule has 0 saturated carbocycles. The van der Waals surface area contributed by atoms with Crippen LogP contribution in [0.2, 0.25) is 5.02 Å². The van der Waals surface area contributed by atoms with Crippen molar-refractivity contribution in [3.05, 3.63) is 59.1 Å². The molecule has 24 heavy (non-hydrogen) atoms. The van der Waals surface area contributed by atoms with Crippen molar-refractivity contribution in [3.63, 3.8) is 0 Å². The molecule has 0 bridgehead atoms. The van der Waals surface area contributed by atoms with Gasteiger partial charge in [0.15, 0.2) is 0 Å². The largest absolute Gasteiger partial charge is 0.497 e. The maximum absolute atomic E-state index is 11.8. The van der Waals surface area contributed by atoms with Crippen molar-refractivity contribution < 1.29 is 14.3 Å². The molecule has 128 valence electrons. The van der Waals surface area contributed by atoms with Crippen LogP contribution in [0.15, 0.2) is 48.5 Å². The first-order chi connectivity index (χ1) is 11.7. The molecule has 0 heterocycles. The fraction of sp³-hybridized carbons (Fsp3) is 0.278. The van der Waals surface area contributed by atoms with Gasteiger partial charge in [-0.3, -0.25) is 4.79 Å². The highest BCUT2D eigenvalue weighted by molar-refractivity contribution is 7.99. The predicted molar refractivity (Wildman–Crippen MR) is 99.1 cm³/mol. The number of ether oxygens (including phenoxy) is 2. The molecule has 0 aliphatic heterocycles. The highest BCUT2D eigenvalue weighted by atomic mass is 35.5. The molecular weight excluding hydrogens is 346 g/mol. The Bertz CT molecular complexity index is 649. The molecule has 0 spiro atoms. The summed E-state index contributed by atoms with van der Waals surface area (Å²) in [5, 5.41) is 3.57. The van der Waals surface area contributed by atoms with E-state index in [1.165, 1.54) is 11.8 Å². The Morgan fingerprint density at radius 3 is 2.54 bits per heavy atom. The van der Waals surface area contributed by atoms with Crippen molar-refractivity contribution in [1.29, 1.82) is 0 Å². The normalized spacial score (nSPS) is 10.2. The first kappa shape index (κ1) is 18.5. The maximum Gasteiger partial charge on any atom is 0.230 e. The van der Waals surface area contributed by atoms with E-state index in [4.69, 9.17) is 21.1 Å². The summed E-state index contributed by atoms with van der Waals surface area (Å²) in [6.07, 6.45) is 0. The number of carbonyl (C=O) groups is 1. The molecule has 0 radical (unpaired) electrons. The van der Waals surface area contributed by atoms with Crippen molar-refractivity contribution in [2.45, 2.75) is 5.75 Å². The zero-order valence-electron chi connectivity index (χ0n) is 13.5. The molecule has 1 amide bonds. The van der Waals surface area contributed by atoms with Gasteiger partial charge in [0.25, 0.3) is 0 Å². The van der Waals surface area contributed by atoms with Gasteiger partial charge in [0, 0.05) is 10.8 Å². The van der Waals surface area contributed by atoms with Crippen molar-refractivity contribution >= 4 is 29.3 Å². The van der Waals surface area contributed by atoms with Crippen molar-refractivity contribution in [2.75, 3.05) is 26.0 Å². The molecule has 2 aromatic rings. The Hall–Kier alpha value is -1.85. The number of methoxy groups -OCH3 is 1. The predicted octanol–water partition coefficient (Wildman–Crippen LogP) is 3.78. The number of rotatable bonds is 9. The van der Waals surface area contributed by atoms with Gasteiger partial charge in [-0.05, 0) is 35.9 Å². The monoisotopic (exact) mass is 365 g/mol. The van der Waals surface area contributed by atoms with Crippen LogP contribution in [0.3, 0.4) is 0 Å². The van der Waals surface area contributed by atoms with Crippen LogP contribution in [-0.2, 0) is 10.5 Å². The molecule has 0 unspecified atom stereocenters. The van der Waals surface area contributed by atoms with E-state index in [1.807, 2.05) is 48.5 Å². The smallest absolute Gasteiger partial charge is 0.230 e. The summed E-state index contributed by atoms with van der Waals surface area (Å²) in [5.74, 6) is 2.64. The van der Waals surface area contributed by atoms with Crippen LogP contribution in [0.25, 0.3) is 0 Å². The Balaban J connectivity index is 1.58. The third kappa shape index (κ3) is 6.34. The van der Waals surface area contributed by atoms with Gasteiger partial charge in [0.2, 0.25) is 5.91 Å². The van der Waals surface area contributed by atoms with Crippen LogP contribution in [0.5, 0.6) is 11.5 Å². The SMILES string of the molecule is COc1ccc(OCCNC(=O)CSCc2ccccc2Cl)cc1. The van der Waals surface area contributed by atoms with Crippen molar-refractivity contribution in [2.24, 2.45) is 0 Å². The second-order valence-corrected chi connectivity index (χ2v) is 6.35. The van der Waals surface area contributed by atoms with Gasteiger partial charge in [-0.25, -0.2) is 0 Å². The first-order valence-electron chi connectivity index (χ1n) is 7.54. The van der Waals surface area contributed by atoms with Crippen LogP contribution >= 0.6 is 23.4 Å². The second-order valence-electron chi connectivity index (χ2n) is 4.96. The second kappa shape index (κ2) is 10.1. The van der Waals surface area contributed by atoms with Gasteiger partial charge in [-0.1, -0.05) is 29.8 Å². The molecule has 2 aromatic carbocycles. The number of hydrogen-bond donors (Lipinski definition) is 1. The molecular formula is C18H20ClNO3S. The van der Waals surface area contributed by atoms with E-state index >= 15 is 0 Å². The zero-order valence-corrected chi connectivity index (χ0v) is 15.0.